The average Bonchev–Trinajstić information content (AvgIpc) is 2.70. The predicted molar refractivity (Wildman–Crippen MR) is 66.6 cm³/mol. The summed E-state index contributed by atoms with van der Waals surface area (Å²) < 4.78 is 19.6. The van der Waals surface area contributed by atoms with E-state index in [4.69, 9.17) is 4.42 Å². The summed E-state index contributed by atoms with van der Waals surface area (Å²) in [5, 5.41) is 0.321. The molecule has 0 saturated carbocycles. The van der Waals surface area contributed by atoms with E-state index >= 15 is 0 Å². The van der Waals surface area contributed by atoms with Gasteiger partial charge in [0.2, 0.25) is 0 Å². The van der Waals surface area contributed by atoms with Crippen LogP contribution in [0.3, 0.4) is 0 Å². The molecule has 0 unspecified atom stereocenters. The second kappa shape index (κ2) is 4.14. The molecule has 0 saturated heterocycles. The highest BCUT2D eigenvalue weighted by Crippen LogP contribution is 2.30. The number of carbonyl (C=O) groups is 1. The summed E-state index contributed by atoms with van der Waals surface area (Å²) in [6.07, 6.45) is 0. The summed E-state index contributed by atoms with van der Waals surface area (Å²) in [6.45, 7) is 1.81. The van der Waals surface area contributed by atoms with Gasteiger partial charge in [0.05, 0.1) is 9.86 Å². The summed E-state index contributed by atoms with van der Waals surface area (Å²) >= 11 is 3.13. The molecule has 1 heterocycles. The number of aryl methyl sites for hydroxylation is 1. The van der Waals surface area contributed by atoms with Crippen LogP contribution >= 0.6 is 15.9 Å². The van der Waals surface area contributed by atoms with Gasteiger partial charge in [0.1, 0.15) is 11.4 Å². The molecule has 0 aliphatic heterocycles. The standard InChI is InChI=1S/C12H11BrFNO2/c1-6-4-8(13)10(14)7-5-9(17-11(6)7)12(16)15(2)3/h4-5H,1-3H3. The number of amides is 1. The molecule has 90 valence electrons. The molecule has 0 atom stereocenters. The van der Waals surface area contributed by atoms with Gasteiger partial charge in [0.15, 0.2) is 5.76 Å². The zero-order chi connectivity index (χ0) is 12.7. The Bertz CT molecular complexity index is 604. The number of fused-ring (bicyclic) bond motifs is 1. The number of hydrogen-bond acceptors (Lipinski definition) is 2. The van der Waals surface area contributed by atoms with Crippen molar-refractivity contribution in [2.45, 2.75) is 6.92 Å². The third-order valence-corrected chi connectivity index (χ3v) is 3.07. The topological polar surface area (TPSA) is 33.5 Å². The highest BCUT2D eigenvalue weighted by molar-refractivity contribution is 9.10. The number of carbonyl (C=O) groups excluding carboxylic acids is 1. The fourth-order valence-electron chi connectivity index (χ4n) is 1.62. The van der Waals surface area contributed by atoms with Crippen molar-refractivity contribution in [2.24, 2.45) is 0 Å². The smallest absolute Gasteiger partial charge is 0.289 e. The first-order chi connectivity index (χ1) is 7.91. The van der Waals surface area contributed by atoms with Gasteiger partial charge in [0, 0.05) is 20.2 Å². The third-order valence-electron chi connectivity index (χ3n) is 2.50. The molecule has 0 bridgehead atoms. The van der Waals surface area contributed by atoms with Gasteiger partial charge in [-0.1, -0.05) is 0 Å². The van der Waals surface area contributed by atoms with Gasteiger partial charge in [-0.3, -0.25) is 4.79 Å². The van der Waals surface area contributed by atoms with Crippen molar-refractivity contribution in [3.8, 4) is 0 Å². The second-order valence-electron chi connectivity index (χ2n) is 4.04. The van der Waals surface area contributed by atoms with E-state index in [2.05, 4.69) is 15.9 Å². The molecule has 1 aromatic heterocycles. The second-order valence-corrected chi connectivity index (χ2v) is 4.90. The summed E-state index contributed by atoms with van der Waals surface area (Å²) in [6, 6.07) is 3.07. The number of benzene rings is 1. The molecule has 0 N–H and O–H groups in total. The lowest BCUT2D eigenvalue weighted by Gasteiger charge is -2.06. The summed E-state index contributed by atoms with van der Waals surface area (Å²) in [5.74, 6) is -0.548. The van der Waals surface area contributed by atoms with Gasteiger partial charge >= 0.3 is 0 Å². The lowest BCUT2D eigenvalue weighted by molar-refractivity contribution is 0.0799. The van der Waals surface area contributed by atoms with E-state index < -0.39 is 5.82 Å². The first-order valence-electron chi connectivity index (χ1n) is 5.01. The quantitative estimate of drug-likeness (QED) is 0.809. The van der Waals surface area contributed by atoms with Crippen LogP contribution in [0.2, 0.25) is 0 Å². The van der Waals surface area contributed by atoms with Crippen LogP contribution in [0.15, 0.2) is 21.0 Å². The molecule has 0 spiro atoms. The third kappa shape index (κ3) is 1.95. The lowest BCUT2D eigenvalue weighted by atomic mass is 10.1. The maximum atomic E-state index is 13.8. The van der Waals surface area contributed by atoms with Crippen molar-refractivity contribution < 1.29 is 13.6 Å². The molecular weight excluding hydrogens is 289 g/mol. The molecule has 1 amide bonds. The Morgan fingerprint density at radius 1 is 1.41 bits per heavy atom. The Balaban J connectivity index is 2.69. The largest absolute Gasteiger partial charge is 0.451 e. The van der Waals surface area contributed by atoms with Crippen molar-refractivity contribution in [1.82, 2.24) is 4.90 Å². The number of hydrogen-bond donors (Lipinski definition) is 0. The molecule has 3 nitrogen and oxygen atoms in total. The molecule has 0 fully saturated rings. The van der Waals surface area contributed by atoms with Crippen LogP contribution in [0, 0.1) is 12.7 Å². The van der Waals surface area contributed by atoms with Crippen LogP contribution in [0.4, 0.5) is 4.39 Å². The first-order valence-corrected chi connectivity index (χ1v) is 5.81. The van der Waals surface area contributed by atoms with E-state index in [9.17, 15) is 9.18 Å². The Morgan fingerprint density at radius 2 is 2.06 bits per heavy atom. The van der Waals surface area contributed by atoms with Crippen molar-refractivity contribution in [3.05, 3.63) is 33.7 Å². The van der Waals surface area contributed by atoms with E-state index in [0.29, 0.717) is 15.4 Å². The van der Waals surface area contributed by atoms with Crippen LogP contribution in [0.1, 0.15) is 16.1 Å². The number of halogens is 2. The lowest BCUT2D eigenvalue weighted by Crippen LogP contribution is -2.20. The maximum absolute atomic E-state index is 13.8. The first kappa shape index (κ1) is 12.1. The van der Waals surface area contributed by atoms with Gasteiger partial charge in [-0.05, 0) is 34.5 Å². The van der Waals surface area contributed by atoms with Crippen molar-refractivity contribution in [2.75, 3.05) is 14.1 Å². The molecule has 0 radical (unpaired) electrons. The molecule has 5 heteroatoms. The van der Waals surface area contributed by atoms with Crippen LogP contribution in [0.25, 0.3) is 11.0 Å². The van der Waals surface area contributed by atoms with Gasteiger partial charge in [-0.15, -0.1) is 0 Å². The van der Waals surface area contributed by atoms with Crippen molar-refractivity contribution in [1.29, 1.82) is 0 Å². The summed E-state index contributed by atoms with van der Waals surface area (Å²) in [5.41, 5.74) is 1.20. The van der Waals surface area contributed by atoms with E-state index in [1.165, 1.54) is 11.0 Å². The number of rotatable bonds is 1. The summed E-state index contributed by atoms with van der Waals surface area (Å²) in [7, 11) is 3.24. The van der Waals surface area contributed by atoms with Crippen LogP contribution in [0.5, 0.6) is 0 Å². The monoisotopic (exact) mass is 299 g/mol. The maximum Gasteiger partial charge on any atom is 0.289 e. The highest BCUT2D eigenvalue weighted by Gasteiger charge is 2.18. The SMILES string of the molecule is Cc1cc(Br)c(F)c2cc(C(=O)N(C)C)oc12. The van der Waals surface area contributed by atoms with Crippen LogP contribution < -0.4 is 0 Å². The Kier molecular flexibility index (Phi) is 2.95. The Labute approximate surface area is 106 Å². The molecule has 2 aromatic rings. The fraction of sp³-hybridized carbons (Fsp3) is 0.250. The molecular formula is C12H11BrFNO2. The highest BCUT2D eigenvalue weighted by atomic mass is 79.9. The molecule has 0 aliphatic rings. The Morgan fingerprint density at radius 3 is 2.65 bits per heavy atom. The minimum atomic E-state index is -0.410. The predicted octanol–water partition coefficient (Wildman–Crippen LogP) is 3.34. The fourth-order valence-corrected chi connectivity index (χ4v) is 2.18. The van der Waals surface area contributed by atoms with Gasteiger partial charge in [0.25, 0.3) is 5.91 Å². The van der Waals surface area contributed by atoms with E-state index in [-0.39, 0.29) is 11.7 Å². The van der Waals surface area contributed by atoms with Crippen molar-refractivity contribution >= 4 is 32.8 Å². The average molecular weight is 300 g/mol. The minimum absolute atomic E-state index is 0.144. The molecule has 1 aromatic carbocycles. The van der Waals surface area contributed by atoms with Crippen LogP contribution in [-0.4, -0.2) is 24.9 Å². The zero-order valence-corrected chi connectivity index (χ0v) is 11.3. The minimum Gasteiger partial charge on any atom is -0.451 e. The van der Waals surface area contributed by atoms with Crippen molar-refractivity contribution in [3.63, 3.8) is 0 Å². The van der Waals surface area contributed by atoms with Gasteiger partial charge < -0.3 is 9.32 Å². The number of nitrogens with zero attached hydrogens (tertiary/aromatic N) is 1. The van der Waals surface area contributed by atoms with E-state index in [0.717, 1.165) is 5.56 Å². The van der Waals surface area contributed by atoms with Crippen LogP contribution in [-0.2, 0) is 0 Å². The number of furan rings is 1. The Hall–Kier alpha value is -1.36. The molecule has 2 rings (SSSR count). The van der Waals surface area contributed by atoms with Gasteiger partial charge in [-0.25, -0.2) is 4.39 Å². The van der Waals surface area contributed by atoms with E-state index in [1.807, 2.05) is 0 Å². The normalized spacial score (nSPS) is 10.9. The van der Waals surface area contributed by atoms with Gasteiger partial charge in [-0.2, -0.15) is 0 Å². The molecule has 17 heavy (non-hydrogen) atoms. The summed E-state index contributed by atoms with van der Waals surface area (Å²) in [4.78, 5) is 13.1. The zero-order valence-electron chi connectivity index (χ0n) is 9.67. The van der Waals surface area contributed by atoms with E-state index in [1.54, 1.807) is 27.1 Å². The molecule has 0 aliphatic carbocycles.